The maximum absolute atomic E-state index is 4.30. The van der Waals surface area contributed by atoms with Gasteiger partial charge >= 0.3 is 0 Å². The van der Waals surface area contributed by atoms with E-state index < -0.39 is 0 Å². The summed E-state index contributed by atoms with van der Waals surface area (Å²) in [6, 6.07) is 0. The van der Waals surface area contributed by atoms with Gasteiger partial charge in [0.25, 0.3) is 0 Å². The predicted molar refractivity (Wildman–Crippen MR) is 46.3 cm³/mol. The molecule has 2 N–H and O–H groups in total. The predicted octanol–water partition coefficient (Wildman–Crippen LogP) is 1.49. The largest absolute Gasteiger partial charge is 0.293 e. The lowest BCUT2D eigenvalue weighted by Gasteiger charge is -2.00. The number of anilines is 2. The second-order valence-corrected chi connectivity index (χ2v) is 3.01. The molecule has 0 fully saturated rings. The van der Waals surface area contributed by atoms with E-state index in [9.17, 15) is 0 Å². The molecule has 1 aliphatic rings. The maximum Gasteiger partial charge on any atom is 0.181 e. The van der Waals surface area contributed by atoms with Crippen molar-refractivity contribution in [3.8, 4) is 0 Å². The van der Waals surface area contributed by atoms with Crippen LogP contribution in [0.25, 0.3) is 0 Å². The number of hydrogen-bond donors (Lipinski definition) is 2. The van der Waals surface area contributed by atoms with Crippen molar-refractivity contribution in [1.82, 2.24) is 9.97 Å². The number of hydrogen-bond acceptors (Lipinski definition) is 5. The summed E-state index contributed by atoms with van der Waals surface area (Å²) >= 11 is 1.40. The van der Waals surface area contributed by atoms with Crippen molar-refractivity contribution >= 4 is 23.8 Å². The van der Waals surface area contributed by atoms with Crippen molar-refractivity contribution in [3.05, 3.63) is 11.4 Å². The molecule has 1 aliphatic heterocycles. The molecule has 1 aromatic heterocycles. The Morgan fingerprint density at radius 2 is 1.45 bits per heavy atom. The summed E-state index contributed by atoms with van der Waals surface area (Å²) < 4.78 is 6.00. The van der Waals surface area contributed by atoms with Gasteiger partial charge in [0.2, 0.25) is 0 Å². The highest BCUT2D eigenvalue weighted by atomic mass is 32.2. The van der Waals surface area contributed by atoms with Gasteiger partial charge in [0, 0.05) is 0 Å². The number of rotatable bonds is 0. The van der Waals surface area contributed by atoms with Gasteiger partial charge in [-0.05, 0) is 13.8 Å². The molecule has 0 saturated heterocycles. The minimum Gasteiger partial charge on any atom is -0.293 e. The zero-order valence-electron chi connectivity index (χ0n) is 6.30. The molecule has 0 bridgehead atoms. The Hall–Kier alpha value is -0.970. The van der Waals surface area contributed by atoms with Crippen molar-refractivity contribution in [1.29, 1.82) is 0 Å². The molecule has 0 amide bonds. The fourth-order valence-corrected chi connectivity index (χ4v) is 1.40. The summed E-state index contributed by atoms with van der Waals surface area (Å²) in [7, 11) is 0. The normalized spacial score (nSPS) is 13.6. The van der Waals surface area contributed by atoms with Crippen molar-refractivity contribution in [3.63, 3.8) is 0 Å². The van der Waals surface area contributed by atoms with E-state index in [-0.39, 0.29) is 0 Å². The molecule has 0 radical (unpaired) electrons. The van der Waals surface area contributed by atoms with Crippen LogP contribution in [-0.4, -0.2) is 9.97 Å². The minimum atomic E-state index is 0.832. The van der Waals surface area contributed by atoms with E-state index in [0.717, 1.165) is 23.0 Å². The van der Waals surface area contributed by atoms with E-state index in [0.29, 0.717) is 0 Å². The molecule has 0 aromatic carbocycles. The van der Waals surface area contributed by atoms with Crippen LogP contribution in [0.5, 0.6) is 0 Å². The van der Waals surface area contributed by atoms with E-state index >= 15 is 0 Å². The zero-order valence-corrected chi connectivity index (χ0v) is 7.12. The first-order valence-electron chi connectivity index (χ1n) is 3.30. The molecule has 5 heteroatoms. The van der Waals surface area contributed by atoms with E-state index in [4.69, 9.17) is 0 Å². The smallest absolute Gasteiger partial charge is 0.181 e. The first-order chi connectivity index (χ1) is 5.27. The average Bonchev–Trinajstić information content (AvgIpc) is 2.36. The first-order valence-corrected chi connectivity index (χ1v) is 4.12. The molecule has 0 spiro atoms. The second-order valence-electron chi connectivity index (χ2n) is 2.40. The summed E-state index contributed by atoms with van der Waals surface area (Å²) in [6.45, 7) is 3.90. The molecule has 11 heavy (non-hydrogen) atoms. The minimum absolute atomic E-state index is 0.832. The molecule has 2 rings (SSSR count). The number of nitrogens with zero attached hydrogens (tertiary/aromatic N) is 2. The summed E-state index contributed by atoms with van der Waals surface area (Å²) in [4.78, 5) is 8.59. The Kier molecular flexibility index (Phi) is 1.38. The van der Waals surface area contributed by atoms with Crippen LogP contribution in [0.1, 0.15) is 11.4 Å². The topological polar surface area (TPSA) is 49.8 Å². The maximum atomic E-state index is 4.30. The van der Waals surface area contributed by atoms with Crippen LogP contribution in [0, 0.1) is 13.8 Å². The molecule has 0 unspecified atom stereocenters. The third kappa shape index (κ3) is 1.01. The van der Waals surface area contributed by atoms with Gasteiger partial charge in [0.1, 0.15) is 0 Å². The lowest BCUT2D eigenvalue weighted by Crippen LogP contribution is -1.94. The van der Waals surface area contributed by atoms with Gasteiger partial charge in [-0.1, -0.05) is 0 Å². The highest BCUT2D eigenvalue weighted by Gasteiger charge is 2.13. The number of aryl methyl sites for hydroxylation is 2. The summed E-state index contributed by atoms with van der Waals surface area (Å²) in [5.74, 6) is 1.66. The fraction of sp³-hybridized carbons (Fsp3) is 0.333. The van der Waals surface area contributed by atoms with Crippen LogP contribution >= 0.6 is 12.1 Å². The molecule has 0 atom stereocenters. The zero-order chi connectivity index (χ0) is 7.84. The van der Waals surface area contributed by atoms with Gasteiger partial charge in [0.15, 0.2) is 11.6 Å². The molecular weight excluding hydrogens is 160 g/mol. The van der Waals surface area contributed by atoms with Gasteiger partial charge in [-0.15, -0.1) is 0 Å². The lowest BCUT2D eigenvalue weighted by atomic mass is 10.3. The van der Waals surface area contributed by atoms with Crippen molar-refractivity contribution in [2.24, 2.45) is 0 Å². The van der Waals surface area contributed by atoms with Crippen LogP contribution in [0.3, 0.4) is 0 Å². The Labute approximate surface area is 69.1 Å². The molecule has 58 valence electrons. The van der Waals surface area contributed by atoms with Gasteiger partial charge in [-0.25, -0.2) is 9.97 Å². The van der Waals surface area contributed by atoms with Gasteiger partial charge in [-0.2, -0.15) is 0 Å². The van der Waals surface area contributed by atoms with Gasteiger partial charge in [-0.3, -0.25) is 9.44 Å². The van der Waals surface area contributed by atoms with Crippen LogP contribution in [0.2, 0.25) is 0 Å². The van der Waals surface area contributed by atoms with E-state index in [1.165, 1.54) is 12.1 Å². The molecule has 2 heterocycles. The molecule has 0 saturated carbocycles. The van der Waals surface area contributed by atoms with Crippen LogP contribution < -0.4 is 9.44 Å². The Bertz CT molecular complexity index is 270. The van der Waals surface area contributed by atoms with Crippen LogP contribution in [0.15, 0.2) is 0 Å². The third-order valence-corrected chi connectivity index (χ3v) is 2.19. The van der Waals surface area contributed by atoms with E-state index in [2.05, 4.69) is 19.4 Å². The lowest BCUT2D eigenvalue weighted by molar-refractivity contribution is 1.07. The van der Waals surface area contributed by atoms with Crippen molar-refractivity contribution in [2.45, 2.75) is 13.8 Å². The highest BCUT2D eigenvalue weighted by molar-refractivity contribution is 8.02. The highest BCUT2D eigenvalue weighted by Crippen LogP contribution is 2.28. The van der Waals surface area contributed by atoms with E-state index in [1.807, 2.05) is 13.8 Å². The monoisotopic (exact) mass is 168 g/mol. The average molecular weight is 168 g/mol. The molecule has 0 aliphatic carbocycles. The summed E-state index contributed by atoms with van der Waals surface area (Å²) in [5.41, 5.74) is 1.95. The van der Waals surface area contributed by atoms with Crippen LogP contribution in [-0.2, 0) is 0 Å². The first kappa shape index (κ1) is 6.72. The Morgan fingerprint density at radius 1 is 1.00 bits per heavy atom. The summed E-state index contributed by atoms with van der Waals surface area (Å²) in [6.07, 6.45) is 0. The Morgan fingerprint density at radius 3 is 1.91 bits per heavy atom. The fourth-order valence-electron chi connectivity index (χ4n) is 0.868. The molecule has 4 nitrogen and oxygen atoms in total. The Balaban J connectivity index is 2.57. The van der Waals surface area contributed by atoms with Crippen molar-refractivity contribution in [2.75, 3.05) is 9.44 Å². The number of fused-ring (bicyclic) bond motifs is 1. The van der Waals surface area contributed by atoms with Crippen LogP contribution in [0.4, 0.5) is 11.6 Å². The standard InChI is InChI=1S/C6H8N4S/c1-3-4(2)8-6-5(7-3)9-11-10-6/h1-2H3,(H,7,9)(H,8,10). The van der Waals surface area contributed by atoms with Gasteiger partial charge in [0.05, 0.1) is 23.5 Å². The van der Waals surface area contributed by atoms with Gasteiger partial charge < -0.3 is 0 Å². The third-order valence-electron chi connectivity index (χ3n) is 1.60. The summed E-state index contributed by atoms with van der Waals surface area (Å²) in [5, 5.41) is 0. The molecular formula is C6H8N4S. The SMILES string of the molecule is Cc1nc2c(nc1C)NSN2. The number of aromatic nitrogens is 2. The number of nitrogens with one attached hydrogen (secondary N) is 2. The molecule has 1 aromatic rings. The quantitative estimate of drug-likeness (QED) is 0.575. The van der Waals surface area contributed by atoms with Crippen molar-refractivity contribution < 1.29 is 0 Å². The van der Waals surface area contributed by atoms with E-state index in [1.54, 1.807) is 0 Å². The second kappa shape index (κ2) is 2.27.